The first-order valence-corrected chi connectivity index (χ1v) is 9.72. The van der Waals surface area contributed by atoms with Gasteiger partial charge in [-0.15, -0.1) is 0 Å². The maximum atomic E-state index is 6.38. The molecule has 7 nitrogen and oxygen atoms in total. The fourth-order valence-corrected chi connectivity index (χ4v) is 4.29. The smallest absolute Gasteiger partial charge is 0.290 e. The maximum Gasteiger partial charge on any atom is 0.290 e. The molecule has 0 amide bonds. The monoisotopic (exact) mass is 381 g/mol. The molecule has 3 aliphatic rings. The molecule has 3 saturated heterocycles. The van der Waals surface area contributed by atoms with Gasteiger partial charge < -0.3 is 9.47 Å². The van der Waals surface area contributed by atoms with Gasteiger partial charge in [0.2, 0.25) is 5.88 Å². The van der Waals surface area contributed by atoms with E-state index in [0.717, 1.165) is 17.7 Å². The van der Waals surface area contributed by atoms with E-state index in [0.29, 0.717) is 23.6 Å². The number of amidine groups is 1. The van der Waals surface area contributed by atoms with Crippen LogP contribution in [0.15, 0.2) is 41.7 Å². The van der Waals surface area contributed by atoms with Crippen LogP contribution in [0.1, 0.15) is 19.8 Å². The Labute approximate surface area is 165 Å². The highest BCUT2D eigenvalue weighted by Crippen LogP contribution is 2.38. The molecule has 0 radical (unpaired) electrons. The number of aromatic nitrogens is 2. The van der Waals surface area contributed by atoms with Crippen LogP contribution in [0.25, 0.3) is 11.1 Å². The summed E-state index contributed by atoms with van der Waals surface area (Å²) in [5.41, 5.74) is 1.66. The fraction of sp³-hybridized carbons (Fsp3) is 0.476. The molecular weight excluding hydrogens is 354 g/mol. The molecule has 3 fully saturated rings. The van der Waals surface area contributed by atoms with Crippen LogP contribution in [0, 0.1) is 5.92 Å². The minimum atomic E-state index is -0.220. The number of ether oxygens (including phenoxy) is 2. The number of methoxy groups -OCH3 is 1. The van der Waals surface area contributed by atoms with Gasteiger partial charge in [0.05, 0.1) is 7.11 Å². The van der Waals surface area contributed by atoms with Gasteiger partial charge in [-0.1, -0.05) is 0 Å². The molecule has 2 aromatic heterocycles. The molecular formula is C21H27N5O2. The molecule has 0 spiro atoms. The highest BCUT2D eigenvalue weighted by Gasteiger charge is 2.45. The van der Waals surface area contributed by atoms with E-state index in [2.05, 4.69) is 32.1 Å². The van der Waals surface area contributed by atoms with Crippen LogP contribution in [0.2, 0.25) is 0 Å². The van der Waals surface area contributed by atoms with Crippen LogP contribution < -0.4 is 10.1 Å². The van der Waals surface area contributed by atoms with E-state index in [4.69, 9.17) is 9.47 Å². The Morgan fingerprint density at radius 1 is 1.25 bits per heavy atom. The minimum Gasteiger partial charge on any atom is -0.481 e. The SMILES string of the molecule is CN=C(Nc1cc(-c2cccnc2OC)ccn1)O[C@@]1(C)CN2CCC1CC2. The molecule has 148 valence electrons. The predicted molar refractivity (Wildman–Crippen MR) is 110 cm³/mol. The van der Waals surface area contributed by atoms with E-state index in [-0.39, 0.29) is 5.60 Å². The van der Waals surface area contributed by atoms with Gasteiger partial charge in [-0.25, -0.2) is 15.0 Å². The minimum absolute atomic E-state index is 0.220. The number of anilines is 1. The summed E-state index contributed by atoms with van der Waals surface area (Å²) >= 11 is 0. The van der Waals surface area contributed by atoms with Gasteiger partial charge in [0.25, 0.3) is 6.02 Å². The van der Waals surface area contributed by atoms with Crippen molar-refractivity contribution in [2.45, 2.75) is 25.4 Å². The summed E-state index contributed by atoms with van der Waals surface area (Å²) in [7, 11) is 3.36. The van der Waals surface area contributed by atoms with Crippen molar-refractivity contribution in [3.05, 3.63) is 36.7 Å². The number of piperidine rings is 3. The van der Waals surface area contributed by atoms with Gasteiger partial charge in [0, 0.05) is 37.5 Å². The Balaban J connectivity index is 1.52. The molecule has 0 saturated carbocycles. The van der Waals surface area contributed by atoms with Crippen molar-refractivity contribution in [2.24, 2.45) is 10.9 Å². The zero-order valence-electron chi connectivity index (χ0n) is 16.7. The van der Waals surface area contributed by atoms with Gasteiger partial charge in [0.1, 0.15) is 11.4 Å². The number of nitrogens with one attached hydrogen (secondary N) is 1. The molecule has 5 heterocycles. The first-order chi connectivity index (χ1) is 13.6. The normalized spacial score (nSPS) is 26.8. The van der Waals surface area contributed by atoms with Gasteiger partial charge >= 0.3 is 0 Å². The Morgan fingerprint density at radius 2 is 2.07 bits per heavy atom. The van der Waals surface area contributed by atoms with E-state index < -0.39 is 0 Å². The van der Waals surface area contributed by atoms with E-state index in [9.17, 15) is 0 Å². The standard InChI is InChI=1S/C21H27N5O2/c1-21(14-26-11-7-16(21)8-12-26)28-20(22-2)25-18-13-15(6-10-23-18)17-5-4-9-24-19(17)27-3/h4-6,9-10,13,16H,7-8,11-12,14H2,1-3H3,(H,22,23,25)/t21-/m0/s1. The van der Waals surface area contributed by atoms with Crippen molar-refractivity contribution in [1.29, 1.82) is 0 Å². The van der Waals surface area contributed by atoms with E-state index >= 15 is 0 Å². The molecule has 2 aromatic rings. The summed E-state index contributed by atoms with van der Waals surface area (Å²) in [5, 5.41) is 3.25. The molecule has 0 unspecified atom stereocenters. The third-order valence-electron chi connectivity index (χ3n) is 5.79. The van der Waals surface area contributed by atoms with E-state index in [1.165, 1.54) is 25.9 Å². The Kier molecular flexibility index (Phi) is 5.17. The Morgan fingerprint density at radius 3 is 2.75 bits per heavy atom. The van der Waals surface area contributed by atoms with Crippen LogP contribution in [-0.4, -0.2) is 60.3 Å². The molecule has 0 aliphatic carbocycles. The highest BCUT2D eigenvalue weighted by molar-refractivity contribution is 5.89. The molecule has 1 N–H and O–H groups in total. The number of pyridine rings is 2. The molecule has 2 bridgehead atoms. The molecule has 28 heavy (non-hydrogen) atoms. The number of aliphatic imine (C=N–C) groups is 1. The number of rotatable bonds is 4. The fourth-order valence-electron chi connectivity index (χ4n) is 4.29. The van der Waals surface area contributed by atoms with Crippen LogP contribution in [0.5, 0.6) is 5.88 Å². The summed E-state index contributed by atoms with van der Waals surface area (Å²) in [4.78, 5) is 15.5. The van der Waals surface area contributed by atoms with Crippen molar-refractivity contribution < 1.29 is 9.47 Å². The number of nitrogens with zero attached hydrogens (tertiary/aromatic N) is 4. The van der Waals surface area contributed by atoms with Crippen LogP contribution in [0.3, 0.4) is 0 Å². The second-order valence-corrected chi connectivity index (χ2v) is 7.61. The van der Waals surface area contributed by atoms with Crippen molar-refractivity contribution in [1.82, 2.24) is 14.9 Å². The van der Waals surface area contributed by atoms with E-state index in [1.807, 2.05) is 24.3 Å². The first kappa shape index (κ1) is 18.7. The number of hydrogen-bond donors (Lipinski definition) is 1. The number of fused-ring (bicyclic) bond motifs is 3. The molecule has 5 rings (SSSR count). The Bertz CT molecular complexity index is 863. The van der Waals surface area contributed by atoms with Crippen molar-refractivity contribution in [3.63, 3.8) is 0 Å². The summed E-state index contributed by atoms with van der Waals surface area (Å²) in [6, 6.07) is 8.25. The van der Waals surface area contributed by atoms with Gasteiger partial charge in [0.15, 0.2) is 0 Å². The third kappa shape index (κ3) is 3.67. The molecule has 7 heteroatoms. The number of hydrogen-bond acceptors (Lipinski definition) is 6. The molecule has 1 atom stereocenters. The van der Waals surface area contributed by atoms with Crippen LogP contribution in [-0.2, 0) is 4.74 Å². The maximum absolute atomic E-state index is 6.38. The molecule has 0 aromatic carbocycles. The van der Waals surface area contributed by atoms with Crippen LogP contribution in [0.4, 0.5) is 5.82 Å². The summed E-state index contributed by atoms with van der Waals surface area (Å²) in [6.07, 6.45) is 5.84. The summed E-state index contributed by atoms with van der Waals surface area (Å²) in [5.74, 6) is 1.82. The highest BCUT2D eigenvalue weighted by atomic mass is 16.5. The van der Waals surface area contributed by atoms with Gasteiger partial charge in [-0.05, 0) is 62.7 Å². The van der Waals surface area contributed by atoms with Gasteiger partial charge in [-0.2, -0.15) is 0 Å². The zero-order chi connectivity index (χ0) is 19.6. The largest absolute Gasteiger partial charge is 0.481 e. The third-order valence-corrected chi connectivity index (χ3v) is 5.79. The first-order valence-electron chi connectivity index (χ1n) is 9.72. The lowest BCUT2D eigenvalue weighted by atomic mass is 9.76. The second-order valence-electron chi connectivity index (χ2n) is 7.61. The lowest BCUT2D eigenvalue weighted by Gasteiger charge is -2.51. The molecule has 3 aliphatic heterocycles. The quantitative estimate of drug-likeness (QED) is 0.648. The van der Waals surface area contributed by atoms with Gasteiger partial charge in [-0.3, -0.25) is 10.2 Å². The Hall–Kier alpha value is -2.67. The zero-order valence-corrected chi connectivity index (χ0v) is 16.7. The van der Waals surface area contributed by atoms with Crippen molar-refractivity contribution >= 4 is 11.8 Å². The lowest BCUT2D eigenvalue weighted by Crippen LogP contribution is -2.59. The summed E-state index contributed by atoms with van der Waals surface area (Å²) < 4.78 is 11.8. The topological polar surface area (TPSA) is 71.9 Å². The van der Waals surface area contributed by atoms with Crippen molar-refractivity contribution in [3.8, 4) is 17.0 Å². The average Bonchev–Trinajstić information content (AvgIpc) is 2.74. The van der Waals surface area contributed by atoms with Crippen molar-refractivity contribution in [2.75, 3.05) is 39.1 Å². The summed E-state index contributed by atoms with van der Waals surface area (Å²) in [6.45, 7) is 5.48. The van der Waals surface area contributed by atoms with Crippen LogP contribution >= 0.6 is 0 Å². The lowest BCUT2D eigenvalue weighted by molar-refractivity contribution is -0.0885. The second kappa shape index (κ2) is 7.75. The van der Waals surface area contributed by atoms with E-state index in [1.54, 1.807) is 26.6 Å². The average molecular weight is 381 g/mol. The predicted octanol–water partition coefficient (Wildman–Crippen LogP) is 3.05.